The number of carbonyl (C=O) groups is 1. The summed E-state index contributed by atoms with van der Waals surface area (Å²) in [6.07, 6.45) is 8.27. The highest BCUT2D eigenvalue weighted by Crippen LogP contribution is 2.18. The molecule has 1 aliphatic carbocycles. The summed E-state index contributed by atoms with van der Waals surface area (Å²) < 4.78 is 0. The van der Waals surface area contributed by atoms with Gasteiger partial charge in [-0.15, -0.1) is 0 Å². The lowest BCUT2D eigenvalue weighted by molar-refractivity contribution is -0.121. The molecule has 1 aliphatic rings. The fourth-order valence-electron chi connectivity index (χ4n) is 1.74. The molecule has 100 valence electrons. The van der Waals surface area contributed by atoms with Gasteiger partial charge in [0, 0.05) is 19.1 Å². The third-order valence-corrected chi connectivity index (χ3v) is 2.96. The zero-order valence-corrected chi connectivity index (χ0v) is 10.7. The normalized spacial score (nSPS) is 14.9. The van der Waals surface area contributed by atoms with E-state index in [1.165, 1.54) is 6.42 Å². The number of carbonyl (C=O) groups excluding carboxylic acids is 1. The summed E-state index contributed by atoms with van der Waals surface area (Å²) in [5, 5.41) is 14.9. The van der Waals surface area contributed by atoms with E-state index in [9.17, 15) is 4.79 Å². The molecule has 1 rings (SSSR count). The van der Waals surface area contributed by atoms with Gasteiger partial charge < -0.3 is 15.7 Å². The first kappa shape index (κ1) is 14.5. The average Bonchev–Trinajstić information content (AvgIpc) is 3.11. The minimum atomic E-state index is 0.206. The molecule has 0 bridgehead atoms. The lowest BCUT2D eigenvalue weighted by Gasteiger charge is -2.05. The predicted octanol–water partition coefficient (Wildman–Crippen LogP) is 1.19. The second-order valence-corrected chi connectivity index (χ2v) is 4.83. The number of hydrogen-bond donors (Lipinski definition) is 3. The summed E-state index contributed by atoms with van der Waals surface area (Å²) in [5.74, 6) is 0.206. The van der Waals surface area contributed by atoms with Gasteiger partial charge in [-0.3, -0.25) is 4.79 Å². The van der Waals surface area contributed by atoms with E-state index in [1.807, 2.05) is 0 Å². The molecule has 17 heavy (non-hydrogen) atoms. The number of aliphatic hydroxyl groups excluding tert-OH is 1. The number of hydrogen-bond acceptors (Lipinski definition) is 3. The van der Waals surface area contributed by atoms with Crippen LogP contribution < -0.4 is 10.6 Å². The third-order valence-electron chi connectivity index (χ3n) is 2.96. The van der Waals surface area contributed by atoms with Gasteiger partial charge in [-0.25, -0.2) is 0 Å². The van der Waals surface area contributed by atoms with Gasteiger partial charge >= 0.3 is 0 Å². The van der Waals surface area contributed by atoms with Gasteiger partial charge in [0.25, 0.3) is 0 Å². The Kier molecular flexibility index (Phi) is 8.01. The average molecular weight is 242 g/mol. The molecule has 1 saturated carbocycles. The van der Waals surface area contributed by atoms with Crippen LogP contribution in [0.15, 0.2) is 0 Å². The maximum absolute atomic E-state index is 11.3. The molecular weight excluding hydrogens is 216 g/mol. The Bertz CT molecular complexity index is 206. The molecule has 0 saturated heterocycles. The molecule has 0 aromatic heterocycles. The van der Waals surface area contributed by atoms with Crippen molar-refractivity contribution in [3.63, 3.8) is 0 Å². The molecule has 0 aromatic carbocycles. The minimum absolute atomic E-state index is 0.206. The van der Waals surface area contributed by atoms with Crippen molar-refractivity contribution in [1.29, 1.82) is 0 Å². The SMILES string of the molecule is O=C(CCCNCCCCCCO)NC1CC1. The molecule has 1 fully saturated rings. The number of amides is 1. The van der Waals surface area contributed by atoms with Gasteiger partial charge in [0.05, 0.1) is 0 Å². The van der Waals surface area contributed by atoms with E-state index in [-0.39, 0.29) is 5.91 Å². The largest absolute Gasteiger partial charge is 0.396 e. The maximum Gasteiger partial charge on any atom is 0.220 e. The van der Waals surface area contributed by atoms with Crippen LogP contribution in [0.1, 0.15) is 51.4 Å². The molecule has 0 atom stereocenters. The quantitative estimate of drug-likeness (QED) is 0.477. The predicted molar refractivity (Wildman–Crippen MR) is 68.8 cm³/mol. The lowest BCUT2D eigenvalue weighted by Crippen LogP contribution is -2.26. The van der Waals surface area contributed by atoms with Crippen molar-refractivity contribution in [3.8, 4) is 0 Å². The van der Waals surface area contributed by atoms with Gasteiger partial charge in [0.2, 0.25) is 5.91 Å². The Morgan fingerprint density at radius 3 is 2.47 bits per heavy atom. The second kappa shape index (κ2) is 9.42. The van der Waals surface area contributed by atoms with Crippen molar-refractivity contribution in [3.05, 3.63) is 0 Å². The van der Waals surface area contributed by atoms with Crippen LogP contribution in [-0.2, 0) is 4.79 Å². The highest BCUT2D eigenvalue weighted by molar-refractivity contribution is 5.76. The zero-order valence-electron chi connectivity index (χ0n) is 10.7. The Balaban J connectivity index is 1.73. The van der Waals surface area contributed by atoms with Crippen LogP contribution >= 0.6 is 0 Å². The van der Waals surface area contributed by atoms with E-state index in [0.29, 0.717) is 19.1 Å². The summed E-state index contributed by atoms with van der Waals surface area (Å²) in [6.45, 7) is 2.26. The van der Waals surface area contributed by atoms with Crippen LogP contribution in [0.4, 0.5) is 0 Å². The van der Waals surface area contributed by atoms with Gasteiger partial charge in [0.15, 0.2) is 0 Å². The van der Waals surface area contributed by atoms with E-state index >= 15 is 0 Å². The molecule has 0 radical (unpaired) electrons. The van der Waals surface area contributed by atoms with Gasteiger partial charge in [-0.1, -0.05) is 12.8 Å². The van der Waals surface area contributed by atoms with Crippen molar-refractivity contribution < 1.29 is 9.90 Å². The Morgan fingerprint density at radius 1 is 1.06 bits per heavy atom. The molecule has 0 unspecified atom stereocenters. The van der Waals surface area contributed by atoms with Crippen LogP contribution in [0, 0.1) is 0 Å². The first-order valence-electron chi connectivity index (χ1n) is 6.94. The van der Waals surface area contributed by atoms with E-state index < -0.39 is 0 Å². The number of rotatable bonds is 11. The van der Waals surface area contributed by atoms with Crippen molar-refractivity contribution in [2.75, 3.05) is 19.7 Å². The first-order chi connectivity index (χ1) is 8.33. The van der Waals surface area contributed by atoms with Crippen molar-refractivity contribution in [2.45, 2.75) is 57.4 Å². The van der Waals surface area contributed by atoms with Gasteiger partial charge in [0.1, 0.15) is 0 Å². The molecule has 4 nitrogen and oxygen atoms in total. The Labute approximate surface area is 104 Å². The maximum atomic E-state index is 11.3. The molecule has 1 amide bonds. The summed E-state index contributed by atoms with van der Waals surface area (Å²) in [6, 6.07) is 0.488. The summed E-state index contributed by atoms with van der Waals surface area (Å²) in [7, 11) is 0. The molecule has 4 heteroatoms. The van der Waals surface area contributed by atoms with E-state index in [2.05, 4.69) is 10.6 Å². The van der Waals surface area contributed by atoms with Crippen molar-refractivity contribution >= 4 is 5.91 Å². The summed E-state index contributed by atoms with van der Waals surface area (Å²) in [5.41, 5.74) is 0. The summed E-state index contributed by atoms with van der Waals surface area (Å²) in [4.78, 5) is 11.3. The minimum Gasteiger partial charge on any atom is -0.396 e. The van der Waals surface area contributed by atoms with Gasteiger partial charge in [-0.05, 0) is 45.2 Å². The second-order valence-electron chi connectivity index (χ2n) is 4.83. The Morgan fingerprint density at radius 2 is 1.76 bits per heavy atom. The zero-order chi connectivity index (χ0) is 12.3. The van der Waals surface area contributed by atoms with Crippen LogP contribution in [-0.4, -0.2) is 36.8 Å². The molecular formula is C13H26N2O2. The number of unbranched alkanes of at least 4 members (excludes halogenated alkanes) is 3. The van der Waals surface area contributed by atoms with Crippen LogP contribution in [0.3, 0.4) is 0 Å². The molecule has 0 aromatic rings. The monoisotopic (exact) mass is 242 g/mol. The highest BCUT2D eigenvalue weighted by Gasteiger charge is 2.22. The van der Waals surface area contributed by atoms with Crippen LogP contribution in [0.25, 0.3) is 0 Å². The molecule has 0 aliphatic heterocycles. The van der Waals surface area contributed by atoms with E-state index in [4.69, 9.17) is 5.11 Å². The van der Waals surface area contributed by atoms with E-state index in [0.717, 1.165) is 51.6 Å². The number of nitrogens with one attached hydrogen (secondary N) is 2. The number of aliphatic hydroxyl groups is 1. The van der Waals surface area contributed by atoms with Crippen LogP contribution in [0.2, 0.25) is 0 Å². The highest BCUT2D eigenvalue weighted by atomic mass is 16.2. The molecule has 0 spiro atoms. The van der Waals surface area contributed by atoms with Crippen molar-refractivity contribution in [2.24, 2.45) is 0 Å². The lowest BCUT2D eigenvalue weighted by atomic mass is 10.2. The standard InChI is InChI=1S/C13H26N2O2/c16-11-4-2-1-3-9-14-10-5-6-13(17)15-12-7-8-12/h12,14,16H,1-11H2,(H,15,17). The van der Waals surface area contributed by atoms with Crippen LogP contribution in [0.5, 0.6) is 0 Å². The summed E-state index contributed by atoms with van der Waals surface area (Å²) >= 11 is 0. The van der Waals surface area contributed by atoms with E-state index in [1.54, 1.807) is 0 Å². The third kappa shape index (κ3) is 9.12. The fraction of sp³-hybridized carbons (Fsp3) is 0.923. The first-order valence-corrected chi connectivity index (χ1v) is 6.94. The molecule has 0 heterocycles. The molecule has 3 N–H and O–H groups in total. The topological polar surface area (TPSA) is 61.4 Å². The smallest absolute Gasteiger partial charge is 0.220 e. The van der Waals surface area contributed by atoms with Crippen molar-refractivity contribution in [1.82, 2.24) is 10.6 Å². The fourth-order valence-corrected chi connectivity index (χ4v) is 1.74. The van der Waals surface area contributed by atoms with Gasteiger partial charge in [-0.2, -0.15) is 0 Å². The Hall–Kier alpha value is -0.610.